The molecular weight excluding hydrogens is 712 g/mol. The predicted octanol–water partition coefficient (Wildman–Crippen LogP) is 1.67. The summed E-state index contributed by atoms with van der Waals surface area (Å²) in [6.45, 7) is 7.24. The van der Waals surface area contributed by atoms with Crippen LogP contribution in [-0.2, 0) is 28.7 Å². The van der Waals surface area contributed by atoms with Crippen LogP contribution in [0.4, 0.5) is 4.79 Å². The van der Waals surface area contributed by atoms with Crippen molar-refractivity contribution in [2.24, 2.45) is 5.41 Å². The van der Waals surface area contributed by atoms with Crippen LogP contribution in [0.2, 0.25) is 0 Å². The molecule has 1 fully saturated rings. The van der Waals surface area contributed by atoms with Crippen molar-refractivity contribution in [2.45, 2.75) is 89.8 Å². The molecule has 4 rings (SSSR count). The first-order valence-corrected chi connectivity index (χ1v) is 18.5. The molecule has 6 atom stereocenters. The minimum atomic E-state index is -1.76. The van der Waals surface area contributed by atoms with Gasteiger partial charge >= 0.3 is 6.09 Å². The number of amides is 6. The molecule has 16 nitrogen and oxygen atoms in total. The number of nitrogens with one attached hydrogen (secondary N) is 4. The molecule has 0 spiro atoms. The van der Waals surface area contributed by atoms with E-state index in [4.69, 9.17) is 14.2 Å². The quantitative estimate of drug-likeness (QED) is 0.224. The standard InChI is InChI=1S/C39H54N6O10/c1-7-13-28(32(47)35(49)40-22-30(46)42-31(36(50)44(5)6)24-14-9-8-10-15-24)41-34(48)29-21-27-23-45(29)37(51)33(39(2,3)4)43-38(52)55-26-17-11-16-25(20-26)53-18-12-19-54-27/h8-11,14-17,20,27-29,31-33,47H,7,12-13,18-19,21-23H2,1-6H3,(H,40,49)(H,41,48)(H,42,46)(H,43,52)/t27-,28?,29+,31+,32?,33-/m1/s1. The van der Waals surface area contributed by atoms with Gasteiger partial charge in [-0.1, -0.05) is 70.5 Å². The van der Waals surface area contributed by atoms with Gasteiger partial charge < -0.3 is 50.4 Å². The number of hydrogen-bond acceptors (Lipinski definition) is 10. The molecule has 2 heterocycles. The number of aliphatic hydroxyl groups excluding tert-OH is 1. The maximum atomic E-state index is 14.3. The van der Waals surface area contributed by atoms with E-state index in [2.05, 4.69) is 21.3 Å². The maximum absolute atomic E-state index is 14.3. The number of nitrogens with zero attached hydrogens (tertiary/aromatic N) is 2. The van der Waals surface area contributed by atoms with Gasteiger partial charge in [0.2, 0.25) is 23.6 Å². The Morgan fingerprint density at radius 3 is 2.38 bits per heavy atom. The molecule has 4 bridgehead atoms. The lowest BCUT2D eigenvalue weighted by atomic mass is 9.85. The monoisotopic (exact) mass is 766 g/mol. The first-order valence-electron chi connectivity index (χ1n) is 18.5. The Balaban J connectivity index is 1.46. The average Bonchev–Trinajstić information content (AvgIpc) is 3.58. The molecule has 6 amide bonds. The summed E-state index contributed by atoms with van der Waals surface area (Å²) in [5, 5.41) is 21.6. The van der Waals surface area contributed by atoms with E-state index in [-0.39, 0.29) is 37.6 Å². The molecule has 2 aliphatic heterocycles. The maximum Gasteiger partial charge on any atom is 0.413 e. The molecule has 0 saturated carbocycles. The second-order valence-corrected chi connectivity index (χ2v) is 15.0. The number of likely N-dealkylation sites (N-methyl/N-ethyl adjacent to an activating group) is 1. The van der Waals surface area contributed by atoms with Crippen LogP contribution >= 0.6 is 0 Å². The van der Waals surface area contributed by atoms with Gasteiger partial charge in [-0.25, -0.2) is 4.79 Å². The fraction of sp³-hybridized carbons (Fsp3) is 0.538. The lowest BCUT2D eigenvalue weighted by Crippen LogP contribution is -2.59. The second kappa shape index (κ2) is 19.4. The normalized spacial score (nSPS) is 20.8. The number of hydrogen-bond donors (Lipinski definition) is 5. The Kier molecular flexibility index (Phi) is 15.0. The largest absolute Gasteiger partial charge is 0.493 e. The minimum Gasteiger partial charge on any atom is -0.493 e. The number of ether oxygens (including phenoxy) is 3. The van der Waals surface area contributed by atoms with Crippen LogP contribution in [0.25, 0.3) is 0 Å². The SMILES string of the molecule is CCCC(NC(=O)[C@@H]1C[C@@H]2CN1C(=O)[C@H](C(C)(C)C)NC(=O)Oc1cccc(c1)OCCCO2)C(O)C(=O)NCC(=O)N[C@H](C(=O)N(C)C)c1ccccc1. The molecule has 5 N–H and O–H groups in total. The lowest BCUT2D eigenvalue weighted by molar-refractivity contribution is -0.143. The van der Waals surface area contributed by atoms with Gasteiger partial charge in [-0.05, 0) is 29.5 Å². The van der Waals surface area contributed by atoms with E-state index in [9.17, 15) is 33.9 Å². The molecule has 2 aliphatic rings. The molecule has 2 aromatic rings. The highest BCUT2D eigenvalue weighted by Gasteiger charge is 2.46. The predicted molar refractivity (Wildman–Crippen MR) is 201 cm³/mol. The Bertz CT molecular complexity index is 1670. The number of fused-ring (bicyclic) bond motifs is 4. The van der Waals surface area contributed by atoms with Crippen molar-refractivity contribution in [3.05, 3.63) is 60.2 Å². The van der Waals surface area contributed by atoms with Gasteiger partial charge in [0, 0.05) is 39.5 Å². The van der Waals surface area contributed by atoms with E-state index in [1.54, 1.807) is 89.5 Å². The lowest BCUT2D eigenvalue weighted by Gasteiger charge is -2.35. The summed E-state index contributed by atoms with van der Waals surface area (Å²) >= 11 is 0. The van der Waals surface area contributed by atoms with Crippen molar-refractivity contribution in [2.75, 3.05) is 40.4 Å². The Morgan fingerprint density at radius 1 is 1.00 bits per heavy atom. The van der Waals surface area contributed by atoms with Gasteiger partial charge in [0.25, 0.3) is 5.91 Å². The number of rotatable bonds is 11. The molecule has 0 aromatic heterocycles. The summed E-state index contributed by atoms with van der Waals surface area (Å²) in [5.74, 6) is -2.39. The number of benzene rings is 2. The third kappa shape index (κ3) is 11.9. The van der Waals surface area contributed by atoms with Gasteiger partial charge in [0.1, 0.15) is 29.6 Å². The van der Waals surface area contributed by atoms with E-state index < -0.39 is 78.1 Å². The fourth-order valence-corrected chi connectivity index (χ4v) is 6.36. The van der Waals surface area contributed by atoms with Gasteiger partial charge in [0.15, 0.2) is 6.10 Å². The van der Waals surface area contributed by atoms with Crippen LogP contribution in [0.15, 0.2) is 54.6 Å². The Morgan fingerprint density at radius 2 is 1.71 bits per heavy atom. The summed E-state index contributed by atoms with van der Waals surface area (Å²) in [6, 6.07) is 11.0. The fourth-order valence-electron chi connectivity index (χ4n) is 6.36. The summed E-state index contributed by atoms with van der Waals surface area (Å²) in [5.41, 5.74) is -0.254. The molecule has 0 radical (unpaired) electrons. The third-order valence-corrected chi connectivity index (χ3v) is 9.28. The zero-order valence-corrected chi connectivity index (χ0v) is 32.3. The molecule has 16 heteroatoms. The molecule has 2 unspecified atom stereocenters. The summed E-state index contributed by atoms with van der Waals surface area (Å²) in [7, 11) is 3.12. The number of carbonyl (C=O) groups excluding carboxylic acids is 6. The highest BCUT2D eigenvalue weighted by molar-refractivity contribution is 5.94. The van der Waals surface area contributed by atoms with E-state index in [1.165, 1.54) is 9.80 Å². The van der Waals surface area contributed by atoms with Crippen LogP contribution in [0.5, 0.6) is 11.5 Å². The first-order chi connectivity index (χ1) is 26.1. The van der Waals surface area contributed by atoms with Gasteiger partial charge in [-0.15, -0.1) is 0 Å². The second-order valence-electron chi connectivity index (χ2n) is 15.0. The third-order valence-electron chi connectivity index (χ3n) is 9.28. The van der Waals surface area contributed by atoms with E-state index >= 15 is 0 Å². The molecule has 300 valence electrons. The first kappa shape index (κ1) is 42.5. The van der Waals surface area contributed by atoms with Crippen LogP contribution in [-0.4, -0.2) is 121 Å². The summed E-state index contributed by atoms with van der Waals surface area (Å²) in [4.78, 5) is 82.9. The van der Waals surface area contributed by atoms with Gasteiger partial charge in [-0.2, -0.15) is 0 Å². The van der Waals surface area contributed by atoms with Crippen molar-refractivity contribution in [1.82, 2.24) is 31.1 Å². The van der Waals surface area contributed by atoms with Crippen molar-refractivity contribution < 1.29 is 48.1 Å². The summed E-state index contributed by atoms with van der Waals surface area (Å²) < 4.78 is 17.4. The highest BCUT2D eigenvalue weighted by atomic mass is 16.6. The van der Waals surface area contributed by atoms with E-state index in [1.807, 2.05) is 6.92 Å². The number of aliphatic hydroxyl groups is 1. The zero-order chi connectivity index (χ0) is 40.3. The van der Waals surface area contributed by atoms with Crippen molar-refractivity contribution in [1.29, 1.82) is 0 Å². The molecule has 0 aliphatic carbocycles. The van der Waals surface area contributed by atoms with Crippen LogP contribution < -0.4 is 30.7 Å². The summed E-state index contributed by atoms with van der Waals surface area (Å²) in [6.07, 6.45) is -1.85. The molecule has 55 heavy (non-hydrogen) atoms. The molecular formula is C39H54N6O10. The molecule has 2 aromatic carbocycles. The zero-order valence-electron chi connectivity index (χ0n) is 32.3. The average molecular weight is 767 g/mol. The van der Waals surface area contributed by atoms with Crippen LogP contribution in [0, 0.1) is 5.41 Å². The van der Waals surface area contributed by atoms with E-state index in [0.29, 0.717) is 30.8 Å². The van der Waals surface area contributed by atoms with Crippen molar-refractivity contribution in [3.63, 3.8) is 0 Å². The molecule has 1 saturated heterocycles. The van der Waals surface area contributed by atoms with Crippen molar-refractivity contribution >= 4 is 35.6 Å². The number of carbonyl (C=O) groups is 6. The van der Waals surface area contributed by atoms with Gasteiger partial charge in [0.05, 0.1) is 31.9 Å². The van der Waals surface area contributed by atoms with Crippen LogP contribution in [0.3, 0.4) is 0 Å². The minimum absolute atomic E-state index is 0.0526. The van der Waals surface area contributed by atoms with Crippen molar-refractivity contribution in [3.8, 4) is 11.5 Å². The smallest absolute Gasteiger partial charge is 0.413 e. The van der Waals surface area contributed by atoms with Gasteiger partial charge in [-0.3, -0.25) is 24.0 Å². The van der Waals surface area contributed by atoms with Crippen LogP contribution in [0.1, 0.15) is 65.0 Å². The Hall–Kier alpha value is -5.22. The topological polar surface area (TPSA) is 205 Å². The van der Waals surface area contributed by atoms with E-state index in [0.717, 1.165) is 0 Å². The highest BCUT2D eigenvalue weighted by Crippen LogP contribution is 2.28. The Labute approximate surface area is 321 Å².